The number of aliphatic hydroxyl groups excluding tert-OH is 8. The molecule has 1 heterocycles. The lowest BCUT2D eigenvalue weighted by Gasteiger charge is -2.61. The zero-order valence-corrected chi connectivity index (χ0v) is 26.0. The molecule has 1 aliphatic heterocycles. The van der Waals surface area contributed by atoms with E-state index in [1.807, 2.05) is 0 Å². The lowest BCUT2D eigenvalue weighted by molar-refractivity contribution is -0.262. The predicted molar refractivity (Wildman–Crippen MR) is 159 cm³/mol. The maximum Gasteiger partial charge on any atom is 0.157 e. The maximum atomic E-state index is 11.9. The predicted octanol–water partition coefficient (Wildman–Crippen LogP) is -1.21. The summed E-state index contributed by atoms with van der Waals surface area (Å²) in [4.78, 5) is 0. The highest BCUT2D eigenvalue weighted by Crippen LogP contribution is 2.59. The maximum absolute atomic E-state index is 11.9. The van der Waals surface area contributed by atoms with Gasteiger partial charge in [0.05, 0.1) is 30.2 Å². The summed E-state index contributed by atoms with van der Waals surface area (Å²) in [6.07, 6.45) is -3.43. The van der Waals surface area contributed by atoms with Crippen molar-refractivity contribution in [3.05, 3.63) is 11.3 Å². The van der Waals surface area contributed by atoms with Crippen molar-refractivity contribution < 1.29 is 55.4 Å². The number of hydrogen-bond acceptors (Lipinski definition) is 13. The molecule has 16 unspecified atom stereocenters. The monoisotopic (exact) mass is 642 g/mol. The van der Waals surface area contributed by atoms with Crippen molar-refractivity contribution >= 4 is 0 Å². The van der Waals surface area contributed by atoms with E-state index in [0.29, 0.717) is 38.7 Å². The highest BCUT2D eigenvalue weighted by molar-refractivity contribution is 5.30. The van der Waals surface area contributed by atoms with Crippen molar-refractivity contribution in [3.8, 4) is 0 Å². The summed E-state index contributed by atoms with van der Waals surface area (Å²) in [5.74, 6) is -2.77. The number of rotatable bonds is 7. The van der Waals surface area contributed by atoms with Crippen LogP contribution in [-0.4, -0.2) is 121 Å². The zero-order valence-electron chi connectivity index (χ0n) is 26.0. The first-order valence-electron chi connectivity index (χ1n) is 16.9. The van der Waals surface area contributed by atoms with Crippen LogP contribution in [-0.2, 0) is 9.47 Å². The van der Waals surface area contributed by atoms with E-state index in [-0.39, 0.29) is 59.5 Å². The molecule has 0 aromatic carbocycles. The van der Waals surface area contributed by atoms with Gasteiger partial charge in [-0.15, -0.1) is 0 Å². The molecule has 0 radical (unpaired) electrons. The molecule has 6 rings (SSSR count). The van der Waals surface area contributed by atoms with Crippen molar-refractivity contribution in [2.75, 3.05) is 13.7 Å². The number of fused-ring (bicyclic) bond motifs is 3. The fourth-order valence-corrected chi connectivity index (χ4v) is 10.8. The lowest BCUT2D eigenvalue weighted by atomic mass is 9.47. The second-order valence-corrected chi connectivity index (χ2v) is 15.0. The van der Waals surface area contributed by atoms with Crippen molar-refractivity contribution in [1.29, 1.82) is 0 Å². The van der Waals surface area contributed by atoms with Gasteiger partial charge >= 0.3 is 0 Å². The lowest BCUT2D eigenvalue weighted by Crippen LogP contribution is -2.71. The van der Waals surface area contributed by atoms with E-state index in [1.54, 1.807) is 0 Å². The number of methoxy groups -OCH3 is 1. The Morgan fingerprint density at radius 2 is 1.69 bits per heavy atom. The van der Waals surface area contributed by atoms with E-state index in [0.717, 1.165) is 25.7 Å². The van der Waals surface area contributed by atoms with Crippen LogP contribution in [0, 0.1) is 47.3 Å². The van der Waals surface area contributed by atoms with Crippen LogP contribution in [0.4, 0.5) is 0 Å². The Morgan fingerprint density at radius 3 is 2.36 bits per heavy atom. The summed E-state index contributed by atoms with van der Waals surface area (Å²) in [6, 6.07) is -0.0959. The molecule has 0 amide bonds. The Balaban J connectivity index is 1.25. The van der Waals surface area contributed by atoms with E-state index in [2.05, 4.69) is 5.32 Å². The first-order chi connectivity index (χ1) is 21.4. The first kappa shape index (κ1) is 33.9. The van der Waals surface area contributed by atoms with Crippen LogP contribution in [0.3, 0.4) is 0 Å². The van der Waals surface area contributed by atoms with Crippen LogP contribution in [0.15, 0.2) is 11.3 Å². The van der Waals surface area contributed by atoms with Crippen molar-refractivity contribution in [2.24, 2.45) is 53.1 Å². The van der Waals surface area contributed by atoms with Gasteiger partial charge in [-0.25, -0.2) is 0 Å². The Hall–Kier alpha value is -0.940. The highest BCUT2D eigenvalue weighted by atomic mass is 16.6. The molecule has 5 aliphatic carbocycles. The second kappa shape index (κ2) is 13.2. The van der Waals surface area contributed by atoms with E-state index in [9.17, 15) is 46.0 Å². The van der Waals surface area contributed by atoms with Gasteiger partial charge in [-0.05, 0) is 81.5 Å². The number of hydrogen-bond donors (Lipinski definition) is 11. The minimum atomic E-state index is -2.13. The summed E-state index contributed by atoms with van der Waals surface area (Å²) in [5, 5.41) is 103. The normalized spacial score (nSPS) is 50.7. The van der Waals surface area contributed by atoms with Crippen molar-refractivity contribution in [1.82, 2.24) is 5.32 Å². The van der Waals surface area contributed by atoms with Gasteiger partial charge in [0, 0.05) is 55.4 Å². The van der Waals surface area contributed by atoms with Gasteiger partial charge in [0.1, 0.15) is 24.2 Å². The zero-order chi connectivity index (χ0) is 32.4. The van der Waals surface area contributed by atoms with Gasteiger partial charge in [0.25, 0.3) is 0 Å². The van der Waals surface area contributed by atoms with Crippen LogP contribution < -0.4 is 11.1 Å². The molecule has 0 bridgehead atoms. The fourth-order valence-electron chi connectivity index (χ4n) is 10.8. The van der Waals surface area contributed by atoms with Crippen molar-refractivity contribution in [3.63, 3.8) is 0 Å². The molecule has 13 heteroatoms. The van der Waals surface area contributed by atoms with Gasteiger partial charge in [-0.3, -0.25) is 5.32 Å². The van der Waals surface area contributed by atoms with Gasteiger partial charge < -0.3 is 61.2 Å². The van der Waals surface area contributed by atoms with Crippen LogP contribution >= 0.6 is 0 Å². The molecule has 45 heavy (non-hydrogen) atoms. The van der Waals surface area contributed by atoms with Crippen LogP contribution in [0.25, 0.3) is 0 Å². The van der Waals surface area contributed by atoms with E-state index >= 15 is 0 Å². The molecule has 18 atom stereocenters. The second-order valence-electron chi connectivity index (χ2n) is 15.0. The number of nitrogens with one attached hydrogen (secondary N) is 1. The fraction of sp³-hybridized carbons (Fsp3) is 0.938. The van der Waals surface area contributed by atoms with Crippen LogP contribution in [0.5, 0.6) is 0 Å². The van der Waals surface area contributed by atoms with E-state index in [4.69, 9.17) is 15.2 Å². The summed E-state index contributed by atoms with van der Waals surface area (Å²) in [7, 11) is 1.48. The SMILES string of the molecule is COC(O)C1CC(NC(O)C2CCCO2)CC(C2CCC(O)C3C(O)C4C(CC23)C[C@H]2CC(O)=C(C(N)O)C(O)[C@@]2(O)C4O)C1. The Morgan fingerprint density at radius 1 is 0.933 bits per heavy atom. The molecule has 0 aromatic heterocycles. The van der Waals surface area contributed by atoms with Gasteiger partial charge in [0.15, 0.2) is 6.29 Å². The van der Waals surface area contributed by atoms with Gasteiger partial charge in [0.2, 0.25) is 0 Å². The molecule has 6 aliphatic rings. The Labute approximate surface area is 264 Å². The number of aliphatic hydroxyl groups is 9. The molecule has 12 N–H and O–H groups in total. The molecule has 0 spiro atoms. The third kappa shape index (κ3) is 5.89. The summed E-state index contributed by atoms with van der Waals surface area (Å²) in [5.41, 5.74) is 3.12. The molecule has 1 saturated heterocycles. The molecule has 258 valence electrons. The summed E-state index contributed by atoms with van der Waals surface area (Å²) < 4.78 is 11.0. The standard InChI is InChI=1S/C32H54N2O11/c1-44-31(42)15-7-13(9-17(10-15)34-30(41)22-3-2-6-45-22)18-4-5-20(35)24-19(18)11-14-8-16-12-21(36)25(29(33)40)28(39)32(16,43)27(38)23(14)26(24)37/h13-20,22-24,26-31,34-43H,2-12,33H2,1H3/t13?,14?,15?,16-,17?,18?,19?,20?,22?,23?,24?,26?,27?,28?,29?,30?,31?,32-/m0/s1. The summed E-state index contributed by atoms with van der Waals surface area (Å²) in [6.45, 7) is 0.623. The largest absolute Gasteiger partial charge is 0.512 e. The van der Waals surface area contributed by atoms with Crippen LogP contribution in [0.2, 0.25) is 0 Å². The smallest absolute Gasteiger partial charge is 0.157 e. The third-order valence-corrected chi connectivity index (χ3v) is 12.9. The highest BCUT2D eigenvalue weighted by Gasteiger charge is 2.65. The molecule has 13 nitrogen and oxygen atoms in total. The quantitative estimate of drug-likeness (QED) is 0.146. The van der Waals surface area contributed by atoms with Crippen LogP contribution in [0.1, 0.15) is 64.2 Å². The minimum Gasteiger partial charge on any atom is -0.512 e. The molecule has 5 fully saturated rings. The summed E-state index contributed by atoms with van der Waals surface area (Å²) >= 11 is 0. The molecule has 4 saturated carbocycles. The average molecular weight is 643 g/mol. The van der Waals surface area contributed by atoms with E-state index < -0.39 is 66.5 Å². The number of ether oxygens (including phenoxy) is 2. The Kier molecular flexibility index (Phi) is 9.93. The minimum absolute atomic E-state index is 0.0761. The molecular weight excluding hydrogens is 588 g/mol. The number of allylic oxidation sites excluding steroid dienone is 1. The first-order valence-corrected chi connectivity index (χ1v) is 16.9. The van der Waals surface area contributed by atoms with Gasteiger partial charge in [-0.2, -0.15) is 0 Å². The molecule has 0 aromatic rings. The Bertz CT molecular complexity index is 1070. The average Bonchev–Trinajstić information content (AvgIpc) is 3.54. The van der Waals surface area contributed by atoms with Gasteiger partial charge in [-0.1, -0.05) is 0 Å². The van der Waals surface area contributed by atoms with E-state index in [1.165, 1.54) is 7.11 Å². The number of nitrogens with two attached hydrogens (primary N) is 1. The molecular formula is C32H54N2O11. The third-order valence-electron chi connectivity index (χ3n) is 12.9. The topological polar surface area (TPSA) is 239 Å². The van der Waals surface area contributed by atoms with Crippen molar-refractivity contribution in [2.45, 2.75) is 125 Å².